The number of amides is 2. The van der Waals surface area contributed by atoms with E-state index in [1.807, 2.05) is 37.3 Å². The predicted octanol–water partition coefficient (Wildman–Crippen LogP) is 3.31. The first-order valence-corrected chi connectivity index (χ1v) is 11.1. The number of carbonyl (C=O) groups is 2. The minimum Gasteiger partial charge on any atom is -0.494 e. The maximum absolute atomic E-state index is 13.0. The van der Waals surface area contributed by atoms with Gasteiger partial charge in [0.2, 0.25) is 0 Å². The summed E-state index contributed by atoms with van der Waals surface area (Å²) in [7, 11) is 0. The molecule has 4 rings (SSSR count). The van der Waals surface area contributed by atoms with Crippen molar-refractivity contribution in [2.75, 3.05) is 26.3 Å². The number of nitrogens with one attached hydrogen (secondary N) is 2. The van der Waals surface area contributed by atoms with Crippen LogP contribution in [-0.4, -0.2) is 43.2 Å². The number of esters is 1. The fourth-order valence-electron chi connectivity index (χ4n) is 4.28. The van der Waals surface area contributed by atoms with Crippen LogP contribution in [-0.2, 0) is 22.5 Å². The summed E-state index contributed by atoms with van der Waals surface area (Å²) in [5.41, 5.74) is 4.46. The molecule has 2 N–H and O–H groups in total. The predicted molar refractivity (Wildman–Crippen MR) is 121 cm³/mol. The highest BCUT2D eigenvalue weighted by atomic mass is 16.5. The van der Waals surface area contributed by atoms with Crippen molar-refractivity contribution in [1.29, 1.82) is 0 Å². The molecule has 0 fully saturated rings. The molecule has 0 saturated heterocycles. The van der Waals surface area contributed by atoms with Crippen LogP contribution in [0.3, 0.4) is 0 Å². The molecule has 2 amide bonds. The van der Waals surface area contributed by atoms with Crippen LogP contribution in [0.5, 0.6) is 5.75 Å². The van der Waals surface area contributed by atoms with Gasteiger partial charge in [0.05, 0.1) is 24.8 Å². The monoisotopic (exact) mass is 435 g/mol. The number of nitrogens with zero attached hydrogens (tertiary/aromatic N) is 1. The molecule has 2 aliphatic heterocycles. The van der Waals surface area contributed by atoms with Crippen LogP contribution in [0.1, 0.15) is 36.6 Å². The van der Waals surface area contributed by atoms with Gasteiger partial charge in [0.25, 0.3) is 0 Å². The Hall–Kier alpha value is -3.32. The van der Waals surface area contributed by atoms with Crippen molar-refractivity contribution in [3.8, 4) is 5.75 Å². The summed E-state index contributed by atoms with van der Waals surface area (Å²) in [6.07, 6.45) is 0.937. The molecule has 2 heterocycles. The Kier molecular flexibility index (Phi) is 6.75. The van der Waals surface area contributed by atoms with E-state index in [2.05, 4.69) is 33.7 Å². The fraction of sp³-hybridized carbons (Fsp3) is 0.360. The lowest BCUT2D eigenvalue weighted by atomic mass is 9.94. The van der Waals surface area contributed by atoms with Crippen molar-refractivity contribution in [2.24, 2.45) is 0 Å². The third-order valence-corrected chi connectivity index (χ3v) is 5.76. The molecule has 1 atom stereocenters. The van der Waals surface area contributed by atoms with E-state index in [4.69, 9.17) is 9.47 Å². The van der Waals surface area contributed by atoms with E-state index >= 15 is 0 Å². The van der Waals surface area contributed by atoms with Gasteiger partial charge in [0.15, 0.2) is 0 Å². The van der Waals surface area contributed by atoms with Crippen molar-refractivity contribution >= 4 is 12.0 Å². The number of urea groups is 1. The van der Waals surface area contributed by atoms with Crippen LogP contribution < -0.4 is 15.4 Å². The third kappa shape index (κ3) is 4.78. The first-order valence-electron chi connectivity index (χ1n) is 11.1. The van der Waals surface area contributed by atoms with Gasteiger partial charge in [-0.25, -0.2) is 9.59 Å². The van der Waals surface area contributed by atoms with Crippen LogP contribution in [0, 0.1) is 0 Å². The van der Waals surface area contributed by atoms with Crippen molar-refractivity contribution in [3.05, 3.63) is 76.5 Å². The Bertz CT molecular complexity index is 1020. The first-order chi connectivity index (χ1) is 15.6. The highest BCUT2D eigenvalue weighted by Crippen LogP contribution is 2.30. The lowest BCUT2D eigenvalue weighted by Crippen LogP contribution is -2.49. The van der Waals surface area contributed by atoms with Gasteiger partial charge >= 0.3 is 12.0 Å². The Morgan fingerprint density at radius 1 is 1.06 bits per heavy atom. The van der Waals surface area contributed by atoms with Crippen molar-refractivity contribution < 1.29 is 19.1 Å². The quantitative estimate of drug-likeness (QED) is 0.653. The van der Waals surface area contributed by atoms with Crippen molar-refractivity contribution in [3.63, 3.8) is 0 Å². The van der Waals surface area contributed by atoms with Crippen LogP contribution in [0.4, 0.5) is 4.79 Å². The molecule has 0 bridgehead atoms. The zero-order chi connectivity index (χ0) is 22.5. The van der Waals surface area contributed by atoms with E-state index in [9.17, 15) is 9.59 Å². The Labute approximate surface area is 188 Å². The zero-order valence-corrected chi connectivity index (χ0v) is 18.5. The lowest BCUT2D eigenvalue weighted by Gasteiger charge is -2.34. The number of hydrogen-bond donors (Lipinski definition) is 2. The van der Waals surface area contributed by atoms with Crippen LogP contribution in [0.15, 0.2) is 59.8 Å². The molecule has 0 saturated carbocycles. The standard InChI is InChI=1S/C25H29N3O4/c1-3-31-20-11-9-18(10-12-20)23-22(24(29)32-4-2)21(26-25(30)27-23)16-28-14-13-17-7-5-6-8-19(17)15-28/h5-12,23H,3-4,13-16H2,1-2H3,(H2,26,27,30)/t23-/m0/s1. The molecule has 32 heavy (non-hydrogen) atoms. The van der Waals surface area contributed by atoms with Crippen LogP contribution >= 0.6 is 0 Å². The van der Waals surface area contributed by atoms with E-state index in [0.29, 0.717) is 24.4 Å². The molecule has 2 aromatic carbocycles. The highest BCUT2D eigenvalue weighted by molar-refractivity contribution is 5.95. The van der Waals surface area contributed by atoms with Crippen LogP contribution in [0.25, 0.3) is 0 Å². The second-order valence-electron chi connectivity index (χ2n) is 7.88. The second kappa shape index (κ2) is 9.87. The Morgan fingerprint density at radius 3 is 2.53 bits per heavy atom. The topological polar surface area (TPSA) is 79.9 Å². The molecular weight excluding hydrogens is 406 g/mol. The van der Waals surface area contributed by atoms with E-state index in [1.54, 1.807) is 6.92 Å². The van der Waals surface area contributed by atoms with Gasteiger partial charge in [-0.15, -0.1) is 0 Å². The number of carbonyl (C=O) groups excluding carboxylic acids is 2. The van der Waals surface area contributed by atoms with Crippen LogP contribution in [0.2, 0.25) is 0 Å². The molecule has 0 radical (unpaired) electrons. The van der Waals surface area contributed by atoms with Gasteiger partial charge in [0.1, 0.15) is 5.75 Å². The average molecular weight is 436 g/mol. The normalized spacial score (nSPS) is 18.4. The molecule has 0 aliphatic carbocycles. The maximum Gasteiger partial charge on any atom is 0.338 e. The molecule has 0 spiro atoms. The van der Waals surface area contributed by atoms with Crippen molar-refractivity contribution in [2.45, 2.75) is 32.9 Å². The SMILES string of the molecule is CCOC(=O)C1=C(CN2CCc3ccccc3C2)NC(=O)N[C@H]1c1ccc(OCC)cc1. The van der Waals surface area contributed by atoms with E-state index in [-0.39, 0.29) is 12.6 Å². The fourth-order valence-corrected chi connectivity index (χ4v) is 4.28. The molecule has 7 heteroatoms. The van der Waals surface area contributed by atoms with Gasteiger partial charge in [-0.05, 0) is 49.1 Å². The molecule has 2 aromatic rings. The summed E-state index contributed by atoms with van der Waals surface area (Å²) >= 11 is 0. The first kappa shape index (κ1) is 21.9. The van der Waals surface area contributed by atoms with Gasteiger partial charge < -0.3 is 20.1 Å². The Balaban J connectivity index is 1.65. The molecular formula is C25H29N3O4. The molecule has 7 nitrogen and oxygen atoms in total. The van der Waals surface area contributed by atoms with Gasteiger partial charge in [-0.3, -0.25) is 4.90 Å². The summed E-state index contributed by atoms with van der Waals surface area (Å²) in [5, 5.41) is 5.76. The summed E-state index contributed by atoms with van der Waals surface area (Å²) in [6.45, 7) is 6.62. The van der Waals surface area contributed by atoms with Gasteiger partial charge in [0, 0.05) is 25.3 Å². The lowest BCUT2D eigenvalue weighted by molar-refractivity contribution is -0.139. The number of ether oxygens (including phenoxy) is 2. The largest absolute Gasteiger partial charge is 0.494 e. The summed E-state index contributed by atoms with van der Waals surface area (Å²) in [5.74, 6) is 0.316. The van der Waals surface area contributed by atoms with Gasteiger partial charge in [-0.2, -0.15) is 0 Å². The smallest absolute Gasteiger partial charge is 0.338 e. The van der Waals surface area contributed by atoms with Crippen molar-refractivity contribution in [1.82, 2.24) is 15.5 Å². The summed E-state index contributed by atoms with van der Waals surface area (Å²) in [4.78, 5) is 27.8. The number of rotatable bonds is 7. The summed E-state index contributed by atoms with van der Waals surface area (Å²) < 4.78 is 10.9. The van der Waals surface area contributed by atoms with E-state index in [1.165, 1.54) is 11.1 Å². The minimum absolute atomic E-state index is 0.261. The number of benzene rings is 2. The second-order valence-corrected chi connectivity index (χ2v) is 7.88. The Morgan fingerprint density at radius 2 is 1.81 bits per heavy atom. The highest BCUT2D eigenvalue weighted by Gasteiger charge is 2.34. The summed E-state index contributed by atoms with van der Waals surface area (Å²) in [6, 6.07) is 14.9. The molecule has 0 aromatic heterocycles. The van der Waals surface area contributed by atoms with Gasteiger partial charge in [-0.1, -0.05) is 36.4 Å². The molecule has 2 aliphatic rings. The zero-order valence-electron chi connectivity index (χ0n) is 18.5. The maximum atomic E-state index is 13.0. The number of fused-ring (bicyclic) bond motifs is 1. The van der Waals surface area contributed by atoms with E-state index < -0.39 is 12.0 Å². The third-order valence-electron chi connectivity index (χ3n) is 5.76. The molecule has 0 unspecified atom stereocenters. The van der Waals surface area contributed by atoms with E-state index in [0.717, 1.165) is 30.8 Å². The average Bonchev–Trinajstić information content (AvgIpc) is 2.79. The molecule has 168 valence electrons. The number of hydrogen-bond acceptors (Lipinski definition) is 5. The minimum atomic E-state index is -0.592.